The van der Waals surface area contributed by atoms with Gasteiger partial charge in [-0.3, -0.25) is 0 Å². The minimum Gasteiger partial charge on any atom is -0.409 e. The smallest absolute Gasteiger partial charge is 0.409 e. The van der Waals surface area contributed by atoms with Gasteiger partial charge in [-0.15, -0.1) is 0 Å². The normalized spacial score (nSPS) is 12.2. The van der Waals surface area contributed by atoms with E-state index < -0.39 is 11.7 Å². The molecule has 0 aliphatic rings. The van der Waals surface area contributed by atoms with Gasteiger partial charge in [-0.25, -0.2) is 4.98 Å². The summed E-state index contributed by atoms with van der Waals surface area (Å²) in [6.45, 7) is 0. The number of alkyl halides is 3. The Morgan fingerprint density at radius 1 is 1.23 bits per heavy atom. The molecule has 2 aromatic rings. The molecule has 22 heavy (non-hydrogen) atoms. The third-order valence-electron chi connectivity index (χ3n) is 2.77. The summed E-state index contributed by atoms with van der Waals surface area (Å²) in [5.74, 6) is -0.0292. The minimum absolute atomic E-state index is 0.198. The summed E-state index contributed by atoms with van der Waals surface area (Å²) in [6, 6.07) is 5.79. The highest BCUT2D eigenvalue weighted by atomic mass is 19.4. The maximum Gasteiger partial charge on any atom is 0.416 e. The van der Waals surface area contributed by atoms with Crippen molar-refractivity contribution in [3.05, 3.63) is 47.7 Å². The molecule has 0 radical (unpaired) electrons. The second kappa shape index (κ2) is 5.80. The highest BCUT2D eigenvalue weighted by Gasteiger charge is 2.29. The lowest BCUT2D eigenvalue weighted by Gasteiger charge is -2.12. The maximum atomic E-state index is 12.5. The summed E-state index contributed by atoms with van der Waals surface area (Å²) in [6.07, 6.45) is -3.07. The van der Waals surface area contributed by atoms with Crippen molar-refractivity contribution in [2.24, 2.45) is 10.9 Å². The van der Waals surface area contributed by atoms with Crippen LogP contribution in [-0.2, 0) is 6.18 Å². The van der Waals surface area contributed by atoms with E-state index in [0.29, 0.717) is 11.4 Å². The Morgan fingerprint density at radius 3 is 2.41 bits per heavy atom. The van der Waals surface area contributed by atoms with Crippen molar-refractivity contribution in [2.75, 3.05) is 11.1 Å². The molecule has 2 rings (SSSR count). The van der Waals surface area contributed by atoms with Crippen LogP contribution in [0.15, 0.2) is 41.7 Å². The lowest BCUT2D eigenvalue weighted by molar-refractivity contribution is -0.137. The third-order valence-corrected chi connectivity index (χ3v) is 2.77. The molecule has 0 bridgehead atoms. The van der Waals surface area contributed by atoms with E-state index in [1.165, 1.54) is 24.4 Å². The van der Waals surface area contributed by atoms with E-state index in [-0.39, 0.29) is 17.2 Å². The Bertz CT molecular complexity index is 698. The molecule has 0 spiro atoms. The number of rotatable bonds is 3. The fourth-order valence-electron chi connectivity index (χ4n) is 1.71. The van der Waals surface area contributed by atoms with Crippen LogP contribution in [-0.4, -0.2) is 16.0 Å². The number of pyridine rings is 1. The molecular formula is C13H12F3N5O. The van der Waals surface area contributed by atoms with E-state index >= 15 is 0 Å². The number of amidine groups is 1. The molecule has 1 aromatic heterocycles. The van der Waals surface area contributed by atoms with E-state index in [1.54, 1.807) is 0 Å². The maximum absolute atomic E-state index is 12.5. The van der Waals surface area contributed by atoms with Crippen molar-refractivity contribution in [1.29, 1.82) is 0 Å². The highest BCUT2D eigenvalue weighted by molar-refractivity contribution is 6.02. The molecule has 0 aliphatic heterocycles. The standard InChI is InChI=1S/C13H12F3N5O/c14-13(15,16)7-1-3-9(4-2-7)20-12-10(11(18)21-22)5-8(17)6-19-12/h1-6,22H,17H2,(H2,18,21)(H,19,20). The first-order valence-electron chi connectivity index (χ1n) is 5.99. The van der Waals surface area contributed by atoms with Crippen LogP contribution in [0.25, 0.3) is 0 Å². The second-order valence-electron chi connectivity index (χ2n) is 4.35. The number of nitrogen functional groups attached to an aromatic ring is 1. The lowest BCUT2D eigenvalue weighted by atomic mass is 10.2. The second-order valence-corrected chi connectivity index (χ2v) is 4.35. The molecule has 0 fully saturated rings. The van der Waals surface area contributed by atoms with Crippen LogP contribution in [0, 0.1) is 0 Å². The van der Waals surface area contributed by atoms with Gasteiger partial charge in [0.15, 0.2) is 5.84 Å². The predicted molar refractivity (Wildman–Crippen MR) is 75.9 cm³/mol. The van der Waals surface area contributed by atoms with Crippen molar-refractivity contribution in [3.63, 3.8) is 0 Å². The van der Waals surface area contributed by atoms with Crippen molar-refractivity contribution >= 4 is 23.0 Å². The fourth-order valence-corrected chi connectivity index (χ4v) is 1.71. The number of oxime groups is 1. The molecule has 0 saturated carbocycles. The lowest BCUT2D eigenvalue weighted by Crippen LogP contribution is -2.16. The molecule has 9 heteroatoms. The first kappa shape index (κ1) is 15.4. The van der Waals surface area contributed by atoms with E-state index in [2.05, 4.69) is 15.5 Å². The number of nitrogens with zero attached hydrogens (tertiary/aromatic N) is 2. The van der Waals surface area contributed by atoms with Gasteiger partial charge in [0.1, 0.15) is 5.82 Å². The van der Waals surface area contributed by atoms with Crippen molar-refractivity contribution in [2.45, 2.75) is 6.18 Å². The average molecular weight is 311 g/mol. The summed E-state index contributed by atoms with van der Waals surface area (Å²) in [5.41, 5.74) is 11.2. The number of benzene rings is 1. The fraction of sp³-hybridized carbons (Fsp3) is 0.0769. The van der Waals surface area contributed by atoms with E-state index in [1.807, 2.05) is 0 Å². The molecule has 0 aliphatic carbocycles. The molecule has 1 heterocycles. The topological polar surface area (TPSA) is 110 Å². The molecule has 1 aromatic carbocycles. The van der Waals surface area contributed by atoms with Gasteiger partial charge >= 0.3 is 6.18 Å². The van der Waals surface area contributed by atoms with E-state index in [9.17, 15) is 13.2 Å². The Kier molecular flexibility index (Phi) is 4.06. The quantitative estimate of drug-likeness (QED) is 0.301. The monoisotopic (exact) mass is 311 g/mol. The van der Waals surface area contributed by atoms with Crippen LogP contribution >= 0.6 is 0 Å². The SMILES string of the molecule is N/C(=N/O)c1cc(N)cnc1Nc1ccc(C(F)(F)F)cc1. The molecule has 0 unspecified atom stereocenters. The largest absolute Gasteiger partial charge is 0.416 e. The zero-order valence-corrected chi connectivity index (χ0v) is 11.1. The Morgan fingerprint density at radius 2 is 1.86 bits per heavy atom. The van der Waals surface area contributed by atoms with Crippen LogP contribution in [0.2, 0.25) is 0 Å². The molecule has 6 nitrogen and oxygen atoms in total. The number of aromatic nitrogens is 1. The van der Waals surface area contributed by atoms with Gasteiger partial charge in [0.2, 0.25) is 0 Å². The van der Waals surface area contributed by atoms with Gasteiger partial charge in [0, 0.05) is 5.69 Å². The molecular weight excluding hydrogens is 299 g/mol. The third kappa shape index (κ3) is 3.37. The Labute approximate surface area is 123 Å². The number of nitrogens with one attached hydrogen (secondary N) is 1. The predicted octanol–water partition coefficient (Wildman–Crippen LogP) is 2.52. The van der Waals surface area contributed by atoms with Gasteiger partial charge in [-0.05, 0) is 30.3 Å². The number of halogens is 3. The first-order chi connectivity index (χ1) is 10.3. The van der Waals surface area contributed by atoms with Gasteiger partial charge in [-0.2, -0.15) is 13.2 Å². The van der Waals surface area contributed by atoms with Gasteiger partial charge < -0.3 is 22.0 Å². The van der Waals surface area contributed by atoms with Crippen molar-refractivity contribution < 1.29 is 18.4 Å². The number of anilines is 3. The summed E-state index contributed by atoms with van der Waals surface area (Å²) >= 11 is 0. The van der Waals surface area contributed by atoms with E-state index in [4.69, 9.17) is 16.7 Å². The summed E-state index contributed by atoms with van der Waals surface area (Å²) in [4.78, 5) is 3.98. The Balaban J connectivity index is 2.31. The summed E-state index contributed by atoms with van der Waals surface area (Å²) < 4.78 is 37.5. The van der Waals surface area contributed by atoms with Crippen molar-refractivity contribution in [1.82, 2.24) is 4.98 Å². The minimum atomic E-state index is -4.41. The molecule has 0 saturated heterocycles. The molecule has 6 N–H and O–H groups in total. The number of hydrogen-bond donors (Lipinski definition) is 4. The van der Waals surface area contributed by atoms with Gasteiger partial charge in [-0.1, -0.05) is 5.16 Å². The number of nitrogens with two attached hydrogens (primary N) is 2. The van der Waals surface area contributed by atoms with Crippen LogP contribution in [0.3, 0.4) is 0 Å². The van der Waals surface area contributed by atoms with Gasteiger partial charge in [0.25, 0.3) is 0 Å². The van der Waals surface area contributed by atoms with E-state index in [0.717, 1.165) is 12.1 Å². The number of hydrogen-bond acceptors (Lipinski definition) is 5. The molecule has 0 atom stereocenters. The Hall–Kier alpha value is -2.97. The zero-order chi connectivity index (χ0) is 16.3. The summed E-state index contributed by atoms with van der Waals surface area (Å²) in [7, 11) is 0. The van der Waals surface area contributed by atoms with Crippen LogP contribution < -0.4 is 16.8 Å². The summed E-state index contributed by atoms with van der Waals surface area (Å²) in [5, 5.41) is 14.4. The van der Waals surface area contributed by atoms with Gasteiger partial charge in [0.05, 0.1) is 23.0 Å². The molecule has 116 valence electrons. The zero-order valence-electron chi connectivity index (χ0n) is 11.1. The molecule has 0 amide bonds. The average Bonchev–Trinajstić information content (AvgIpc) is 2.48. The highest BCUT2D eigenvalue weighted by Crippen LogP contribution is 2.30. The first-order valence-corrected chi connectivity index (χ1v) is 5.99. The van der Waals surface area contributed by atoms with Crippen molar-refractivity contribution in [3.8, 4) is 0 Å². The van der Waals surface area contributed by atoms with Crippen LogP contribution in [0.4, 0.5) is 30.4 Å². The van der Waals surface area contributed by atoms with Crippen LogP contribution in [0.1, 0.15) is 11.1 Å². The van der Waals surface area contributed by atoms with Crippen LogP contribution in [0.5, 0.6) is 0 Å².